The van der Waals surface area contributed by atoms with Crippen molar-refractivity contribution in [3.05, 3.63) is 48.1 Å². The average molecular weight is 296 g/mol. The summed E-state index contributed by atoms with van der Waals surface area (Å²) >= 11 is 0. The van der Waals surface area contributed by atoms with E-state index in [-0.39, 0.29) is 5.91 Å². The van der Waals surface area contributed by atoms with Gasteiger partial charge in [0.1, 0.15) is 5.82 Å². The van der Waals surface area contributed by atoms with Crippen LogP contribution in [0.2, 0.25) is 0 Å². The molecule has 1 N–H and O–H groups in total. The predicted octanol–water partition coefficient (Wildman–Crippen LogP) is 2.71. The maximum absolute atomic E-state index is 12.2. The molecule has 0 spiro atoms. The van der Waals surface area contributed by atoms with E-state index >= 15 is 0 Å². The predicted molar refractivity (Wildman–Crippen MR) is 85.0 cm³/mol. The summed E-state index contributed by atoms with van der Waals surface area (Å²) in [4.78, 5) is 26.2. The largest absolute Gasteiger partial charge is 0.340 e. The molecule has 1 aliphatic rings. The first-order valence-electron chi connectivity index (χ1n) is 7.69. The number of nitrogens with zero attached hydrogens (tertiary/aromatic N) is 3. The molecule has 22 heavy (non-hydrogen) atoms. The van der Waals surface area contributed by atoms with Gasteiger partial charge in [0.25, 0.3) is 0 Å². The molecule has 0 atom stereocenters. The molecule has 1 aliphatic heterocycles. The highest BCUT2D eigenvalue weighted by molar-refractivity contribution is 5.78. The van der Waals surface area contributed by atoms with E-state index in [9.17, 15) is 4.79 Å². The van der Waals surface area contributed by atoms with Crippen LogP contribution < -0.4 is 0 Å². The van der Waals surface area contributed by atoms with Gasteiger partial charge in [0, 0.05) is 37.3 Å². The van der Waals surface area contributed by atoms with E-state index in [1.54, 1.807) is 12.4 Å². The van der Waals surface area contributed by atoms with E-state index in [1.165, 1.54) is 0 Å². The van der Waals surface area contributed by atoms with Crippen molar-refractivity contribution in [2.75, 3.05) is 6.54 Å². The Hall–Kier alpha value is -2.43. The Morgan fingerprint density at radius 2 is 2.36 bits per heavy atom. The first-order chi connectivity index (χ1) is 10.8. The van der Waals surface area contributed by atoms with Crippen LogP contribution in [-0.4, -0.2) is 32.3 Å². The van der Waals surface area contributed by atoms with Crippen molar-refractivity contribution in [3.63, 3.8) is 0 Å². The number of aromatic amines is 1. The Morgan fingerprint density at radius 1 is 1.45 bits per heavy atom. The molecule has 5 nitrogen and oxygen atoms in total. The van der Waals surface area contributed by atoms with Gasteiger partial charge in [-0.1, -0.05) is 19.1 Å². The number of amides is 1. The molecule has 0 aromatic carbocycles. The number of carbonyl (C=O) groups excluding carboxylic acids is 1. The average Bonchev–Trinajstić information content (AvgIpc) is 2.99. The zero-order valence-corrected chi connectivity index (χ0v) is 12.7. The lowest BCUT2D eigenvalue weighted by atomic mass is 10.1. The molecule has 3 rings (SSSR count). The fourth-order valence-electron chi connectivity index (χ4n) is 2.63. The summed E-state index contributed by atoms with van der Waals surface area (Å²) in [5.41, 5.74) is 3.07. The molecule has 0 fully saturated rings. The minimum Gasteiger partial charge on any atom is -0.340 e. The second-order valence-electron chi connectivity index (χ2n) is 5.40. The number of aromatic nitrogens is 3. The van der Waals surface area contributed by atoms with E-state index in [1.807, 2.05) is 29.2 Å². The van der Waals surface area contributed by atoms with Crippen LogP contribution in [0.15, 0.2) is 36.7 Å². The third-order valence-electron chi connectivity index (χ3n) is 3.81. The van der Waals surface area contributed by atoms with Gasteiger partial charge in [0.2, 0.25) is 5.91 Å². The second-order valence-corrected chi connectivity index (χ2v) is 5.40. The van der Waals surface area contributed by atoms with Gasteiger partial charge in [-0.15, -0.1) is 0 Å². The van der Waals surface area contributed by atoms with Gasteiger partial charge >= 0.3 is 0 Å². The first kappa shape index (κ1) is 14.5. The zero-order valence-electron chi connectivity index (χ0n) is 12.7. The van der Waals surface area contributed by atoms with Crippen LogP contribution in [0.3, 0.4) is 0 Å². The van der Waals surface area contributed by atoms with Crippen molar-refractivity contribution in [3.8, 4) is 11.4 Å². The van der Waals surface area contributed by atoms with Crippen LogP contribution in [0.25, 0.3) is 11.4 Å². The van der Waals surface area contributed by atoms with Gasteiger partial charge in [-0.05, 0) is 18.6 Å². The molecule has 1 amide bonds. The number of rotatable bonds is 4. The molecule has 0 radical (unpaired) electrons. The first-order valence-corrected chi connectivity index (χ1v) is 7.69. The number of pyridine rings is 1. The third kappa shape index (κ3) is 3.08. The molecular weight excluding hydrogens is 276 g/mol. The topological polar surface area (TPSA) is 61.9 Å². The summed E-state index contributed by atoms with van der Waals surface area (Å²) in [5.74, 6) is 1.01. The van der Waals surface area contributed by atoms with E-state index < -0.39 is 0 Å². The number of hydrogen-bond donors (Lipinski definition) is 1. The summed E-state index contributed by atoms with van der Waals surface area (Å²) in [5, 5.41) is 0. The van der Waals surface area contributed by atoms with Crippen molar-refractivity contribution in [1.82, 2.24) is 19.9 Å². The molecule has 5 heteroatoms. The fourth-order valence-corrected chi connectivity index (χ4v) is 2.63. The quantitative estimate of drug-likeness (QED) is 0.882. The molecule has 0 aliphatic carbocycles. The summed E-state index contributed by atoms with van der Waals surface area (Å²) in [6.45, 7) is 3.42. The molecule has 0 unspecified atom stereocenters. The van der Waals surface area contributed by atoms with E-state index in [0.29, 0.717) is 13.0 Å². The Bertz CT molecular complexity index is 675. The lowest BCUT2D eigenvalue weighted by Crippen LogP contribution is -2.35. The van der Waals surface area contributed by atoms with Crippen LogP contribution in [0.1, 0.15) is 31.2 Å². The number of nitrogens with one attached hydrogen (secondary N) is 1. The Kier molecular flexibility index (Phi) is 4.32. The highest BCUT2D eigenvalue weighted by Crippen LogP contribution is 2.22. The number of H-pyrrole nitrogens is 1. The number of carbonyl (C=O) groups is 1. The highest BCUT2D eigenvalue weighted by atomic mass is 16.2. The van der Waals surface area contributed by atoms with Gasteiger partial charge in [0.15, 0.2) is 0 Å². The van der Waals surface area contributed by atoms with Gasteiger partial charge in [0.05, 0.1) is 17.9 Å². The molecule has 2 aromatic rings. The SMILES string of the molecule is CC/C=C/CC(=O)N1CCc2nc(-c3cccnc3)[nH]c2C1. The van der Waals surface area contributed by atoms with Crippen molar-refractivity contribution in [2.45, 2.75) is 32.7 Å². The Morgan fingerprint density at radius 3 is 3.14 bits per heavy atom. The minimum atomic E-state index is 0.174. The van der Waals surface area contributed by atoms with Crippen LogP contribution >= 0.6 is 0 Å². The van der Waals surface area contributed by atoms with Crippen molar-refractivity contribution < 1.29 is 4.79 Å². The summed E-state index contributed by atoms with van der Waals surface area (Å²) in [6.07, 6.45) is 9.77. The lowest BCUT2D eigenvalue weighted by Gasteiger charge is -2.25. The molecule has 0 saturated carbocycles. The second kappa shape index (κ2) is 6.56. The van der Waals surface area contributed by atoms with Crippen LogP contribution in [0, 0.1) is 0 Å². The Balaban J connectivity index is 1.72. The Labute approximate surface area is 130 Å². The smallest absolute Gasteiger partial charge is 0.226 e. The van der Waals surface area contributed by atoms with Crippen LogP contribution in [0.5, 0.6) is 0 Å². The number of imidazole rings is 1. The normalized spacial score (nSPS) is 14.3. The minimum absolute atomic E-state index is 0.174. The van der Waals surface area contributed by atoms with Crippen LogP contribution in [-0.2, 0) is 17.8 Å². The highest BCUT2D eigenvalue weighted by Gasteiger charge is 2.23. The zero-order chi connectivity index (χ0) is 15.4. The van der Waals surface area contributed by atoms with Gasteiger partial charge in [-0.3, -0.25) is 9.78 Å². The van der Waals surface area contributed by atoms with Gasteiger partial charge < -0.3 is 9.88 Å². The molecule has 3 heterocycles. The fraction of sp³-hybridized carbons (Fsp3) is 0.353. The molecule has 2 aromatic heterocycles. The van der Waals surface area contributed by atoms with Gasteiger partial charge in [-0.25, -0.2) is 4.98 Å². The van der Waals surface area contributed by atoms with Crippen LogP contribution in [0.4, 0.5) is 0 Å². The molecule has 114 valence electrons. The monoisotopic (exact) mass is 296 g/mol. The maximum Gasteiger partial charge on any atom is 0.226 e. The summed E-state index contributed by atoms with van der Waals surface area (Å²) < 4.78 is 0. The van der Waals surface area contributed by atoms with Gasteiger partial charge in [-0.2, -0.15) is 0 Å². The molecule has 0 bridgehead atoms. The number of allylic oxidation sites excluding steroid dienone is 1. The summed E-state index contributed by atoms with van der Waals surface area (Å²) in [7, 11) is 0. The standard InChI is InChI=1S/C17H20N4O/c1-2-3-4-7-16(22)21-10-8-14-15(12-21)20-17(19-14)13-6-5-9-18-11-13/h3-6,9,11H,2,7-8,10,12H2,1H3,(H,19,20)/b4-3+. The van der Waals surface area contributed by atoms with E-state index in [2.05, 4.69) is 21.9 Å². The molecular formula is C17H20N4O. The van der Waals surface area contributed by atoms with E-state index in [4.69, 9.17) is 0 Å². The van der Waals surface area contributed by atoms with Crippen molar-refractivity contribution in [1.29, 1.82) is 0 Å². The lowest BCUT2D eigenvalue weighted by molar-refractivity contribution is -0.131. The summed E-state index contributed by atoms with van der Waals surface area (Å²) in [6, 6.07) is 3.88. The molecule has 0 saturated heterocycles. The number of hydrogen-bond acceptors (Lipinski definition) is 3. The van der Waals surface area contributed by atoms with E-state index in [0.717, 1.165) is 42.2 Å². The maximum atomic E-state index is 12.2. The van der Waals surface area contributed by atoms with Crippen molar-refractivity contribution >= 4 is 5.91 Å². The number of fused-ring (bicyclic) bond motifs is 1. The third-order valence-corrected chi connectivity index (χ3v) is 3.81. The van der Waals surface area contributed by atoms with Crippen molar-refractivity contribution in [2.24, 2.45) is 0 Å².